The van der Waals surface area contributed by atoms with Crippen LogP contribution in [-0.2, 0) is 17.7 Å². The van der Waals surface area contributed by atoms with Gasteiger partial charge in [-0.3, -0.25) is 10.00 Å². The Kier molecular flexibility index (Phi) is 4.62. The molecule has 0 aromatic carbocycles. The Morgan fingerprint density at radius 2 is 2.48 bits per heavy atom. The number of piperidine rings is 1. The first-order valence-corrected chi connectivity index (χ1v) is 7.37. The van der Waals surface area contributed by atoms with Gasteiger partial charge in [0.1, 0.15) is 0 Å². The number of nitrogens with one attached hydrogen (secondary N) is 1. The minimum atomic E-state index is 0.511. The Bertz CT molecular complexity index is 539. The van der Waals surface area contributed by atoms with Gasteiger partial charge in [-0.2, -0.15) is 10.1 Å². The van der Waals surface area contributed by atoms with Crippen LogP contribution >= 0.6 is 0 Å². The highest BCUT2D eigenvalue weighted by Crippen LogP contribution is 2.25. The molecule has 7 nitrogen and oxygen atoms in total. The fourth-order valence-corrected chi connectivity index (χ4v) is 2.79. The van der Waals surface area contributed by atoms with Crippen LogP contribution in [0, 0.1) is 0 Å². The summed E-state index contributed by atoms with van der Waals surface area (Å²) in [5.74, 6) is 1.91. The Morgan fingerprint density at radius 3 is 3.29 bits per heavy atom. The fraction of sp³-hybridized carbons (Fsp3) is 0.643. The van der Waals surface area contributed by atoms with E-state index in [1.807, 2.05) is 6.20 Å². The van der Waals surface area contributed by atoms with E-state index >= 15 is 0 Å². The zero-order chi connectivity index (χ0) is 14.5. The molecule has 2 aromatic heterocycles. The van der Waals surface area contributed by atoms with Crippen LogP contribution in [0.3, 0.4) is 0 Å². The molecule has 1 atom stereocenters. The van der Waals surface area contributed by atoms with Crippen molar-refractivity contribution in [1.29, 1.82) is 0 Å². The van der Waals surface area contributed by atoms with Crippen molar-refractivity contribution in [3.63, 3.8) is 0 Å². The molecule has 1 N–H and O–H groups in total. The fourth-order valence-electron chi connectivity index (χ4n) is 2.79. The molecular weight excluding hydrogens is 270 g/mol. The van der Waals surface area contributed by atoms with Gasteiger partial charge in [0.2, 0.25) is 5.89 Å². The smallest absolute Gasteiger partial charge is 0.240 e. The molecular formula is C14H21N5O2. The highest BCUT2D eigenvalue weighted by atomic mass is 16.5. The number of aromatic amines is 1. The first kappa shape index (κ1) is 14.2. The predicted molar refractivity (Wildman–Crippen MR) is 75.7 cm³/mol. The summed E-state index contributed by atoms with van der Waals surface area (Å²) in [5.41, 5.74) is 1.21. The Morgan fingerprint density at radius 1 is 1.52 bits per heavy atom. The summed E-state index contributed by atoms with van der Waals surface area (Å²) in [7, 11) is 1.67. The van der Waals surface area contributed by atoms with Gasteiger partial charge in [0.05, 0.1) is 13.2 Å². The molecule has 1 fully saturated rings. The summed E-state index contributed by atoms with van der Waals surface area (Å²) >= 11 is 0. The lowest BCUT2D eigenvalue weighted by molar-refractivity contribution is 0.175. The lowest BCUT2D eigenvalue weighted by Crippen LogP contribution is -2.34. The Balaban J connectivity index is 1.56. The van der Waals surface area contributed by atoms with Gasteiger partial charge in [-0.05, 0) is 25.5 Å². The van der Waals surface area contributed by atoms with Crippen LogP contribution in [0.5, 0.6) is 0 Å². The number of hydrogen-bond acceptors (Lipinski definition) is 6. The second kappa shape index (κ2) is 6.82. The second-order valence-electron chi connectivity index (χ2n) is 5.43. The molecule has 114 valence electrons. The third kappa shape index (κ3) is 3.68. The van der Waals surface area contributed by atoms with Crippen LogP contribution in [-0.4, -0.2) is 52.0 Å². The minimum Gasteiger partial charge on any atom is -0.384 e. The van der Waals surface area contributed by atoms with Crippen LogP contribution in [0.15, 0.2) is 16.8 Å². The third-order valence-corrected chi connectivity index (χ3v) is 3.87. The molecule has 7 heteroatoms. The number of likely N-dealkylation sites (tertiary alicyclic amines) is 1. The van der Waals surface area contributed by atoms with Gasteiger partial charge in [-0.25, -0.2) is 0 Å². The van der Waals surface area contributed by atoms with Crippen molar-refractivity contribution in [2.45, 2.75) is 31.7 Å². The van der Waals surface area contributed by atoms with E-state index in [0.717, 1.165) is 13.1 Å². The van der Waals surface area contributed by atoms with Crippen LogP contribution < -0.4 is 0 Å². The van der Waals surface area contributed by atoms with Crippen LogP contribution in [0.1, 0.15) is 36.2 Å². The molecule has 1 saturated heterocycles. The summed E-state index contributed by atoms with van der Waals surface area (Å²) < 4.78 is 10.3. The normalized spacial score (nSPS) is 20.0. The van der Waals surface area contributed by atoms with Crippen molar-refractivity contribution < 1.29 is 9.26 Å². The van der Waals surface area contributed by atoms with Gasteiger partial charge >= 0.3 is 0 Å². The summed E-state index contributed by atoms with van der Waals surface area (Å²) in [6.07, 6.45) is 4.88. The molecule has 3 heterocycles. The number of nitrogens with zero attached hydrogens (tertiary/aromatic N) is 4. The van der Waals surface area contributed by atoms with Crippen molar-refractivity contribution in [2.75, 3.05) is 26.8 Å². The van der Waals surface area contributed by atoms with E-state index in [9.17, 15) is 0 Å². The first-order chi connectivity index (χ1) is 10.3. The predicted octanol–water partition coefficient (Wildman–Crippen LogP) is 1.36. The number of aromatic nitrogens is 4. The monoisotopic (exact) mass is 291 g/mol. The molecule has 1 aliphatic rings. The number of rotatable bonds is 6. The van der Waals surface area contributed by atoms with Crippen molar-refractivity contribution in [2.24, 2.45) is 0 Å². The average Bonchev–Trinajstić information content (AvgIpc) is 3.17. The molecule has 0 radical (unpaired) electrons. The van der Waals surface area contributed by atoms with Gasteiger partial charge in [-0.15, -0.1) is 0 Å². The number of methoxy groups -OCH3 is 1. The van der Waals surface area contributed by atoms with Gasteiger partial charge < -0.3 is 9.26 Å². The standard InChI is InChI=1S/C14H21N5O2/c1-20-8-5-13-16-14(21-18-13)10-19-7-2-3-11(9-19)12-4-6-15-17-12/h4,6,11H,2-3,5,7-10H2,1H3,(H,15,17)/t11-/m1/s1. The van der Waals surface area contributed by atoms with E-state index in [1.54, 1.807) is 7.11 Å². The van der Waals surface area contributed by atoms with E-state index in [0.29, 0.717) is 37.2 Å². The van der Waals surface area contributed by atoms with Gasteiger partial charge in [0.15, 0.2) is 5.82 Å². The molecule has 1 aliphatic heterocycles. The summed E-state index contributed by atoms with van der Waals surface area (Å²) in [4.78, 5) is 6.77. The zero-order valence-corrected chi connectivity index (χ0v) is 12.3. The van der Waals surface area contributed by atoms with Crippen LogP contribution in [0.25, 0.3) is 0 Å². The SMILES string of the molecule is COCCc1noc(CN2CCC[C@@H](c3ccn[nH]3)C2)n1. The van der Waals surface area contributed by atoms with E-state index in [1.165, 1.54) is 18.5 Å². The molecule has 2 aromatic rings. The number of ether oxygens (including phenoxy) is 1. The van der Waals surface area contributed by atoms with Gasteiger partial charge in [-0.1, -0.05) is 5.16 Å². The summed E-state index contributed by atoms with van der Waals surface area (Å²) in [6, 6.07) is 2.06. The summed E-state index contributed by atoms with van der Waals surface area (Å²) in [5, 5.41) is 11.1. The van der Waals surface area contributed by atoms with E-state index in [2.05, 4.69) is 31.3 Å². The van der Waals surface area contributed by atoms with Gasteiger partial charge in [0, 0.05) is 37.9 Å². The zero-order valence-electron chi connectivity index (χ0n) is 12.3. The molecule has 0 bridgehead atoms. The maximum atomic E-state index is 5.31. The summed E-state index contributed by atoms with van der Waals surface area (Å²) in [6.45, 7) is 3.40. The average molecular weight is 291 g/mol. The minimum absolute atomic E-state index is 0.511. The van der Waals surface area contributed by atoms with E-state index in [-0.39, 0.29) is 0 Å². The first-order valence-electron chi connectivity index (χ1n) is 7.37. The molecule has 0 amide bonds. The topological polar surface area (TPSA) is 80.1 Å². The third-order valence-electron chi connectivity index (χ3n) is 3.87. The molecule has 21 heavy (non-hydrogen) atoms. The maximum absolute atomic E-state index is 5.31. The second-order valence-corrected chi connectivity index (χ2v) is 5.43. The molecule has 3 rings (SSSR count). The maximum Gasteiger partial charge on any atom is 0.240 e. The highest BCUT2D eigenvalue weighted by molar-refractivity contribution is 5.07. The lowest BCUT2D eigenvalue weighted by Gasteiger charge is -2.30. The number of H-pyrrole nitrogens is 1. The number of hydrogen-bond donors (Lipinski definition) is 1. The van der Waals surface area contributed by atoms with Crippen molar-refractivity contribution >= 4 is 0 Å². The Hall–Kier alpha value is -1.73. The van der Waals surface area contributed by atoms with Crippen LogP contribution in [0.2, 0.25) is 0 Å². The highest BCUT2D eigenvalue weighted by Gasteiger charge is 2.23. The largest absolute Gasteiger partial charge is 0.384 e. The quantitative estimate of drug-likeness (QED) is 0.865. The van der Waals surface area contributed by atoms with E-state index in [4.69, 9.17) is 9.26 Å². The van der Waals surface area contributed by atoms with Gasteiger partial charge in [0.25, 0.3) is 0 Å². The lowest BCUT2D eigenvalue weighted by atomic mass is 9.95. The molecule has 0 spiro atoms. The van der Waals surface area contributed by atoms with Crippen molar-refractivity contribution in [3.8, 4) is 0 Å². The van der Waals surface area contributed by atoms with E-state index < -0.39 is 0 Å². The Labute approximate surface area is 123 Å². The van der Waals surface area contributed by atoms with Crippen molar-refractivity contribution in [1.82, 2.24) is 25.2 Å². The molecule has 0 aliphatic carbocycles. The molecule has 0 saturated carbocycles. The molecule has 0 unspecified atom stereocenters. The van der Waals surface area contributed by atoms with Crippen LogP contribution in [0.4, 0.5) is 0 Å². The van der Waals surface area contributed by atoms with Crippen molar-refractivity contribution in [3.05, 3.63) is 29.7 Å².